The van der Waals surface area contributed by atoms with Crippen LogP contribution in [0.15, 0.2) is 16.8 Å². The van der Waals surface area contributed by atoms with Crippen molar-refractivity contribution >= 4 is 28.4 Å². The minimum absolute atomic E-state index is 0.0519. The van der Waals surface area contributed by atoms with Crippen LogP contribution in [0.2, 0.25) is 0 Å². The quantitative estimate of drug-likeness (QED) is 0.577. The SMILES string of the molecule is O=C(O)CONc1ccc([N+](=O)[O-])c2nonc12. The summed E-state index contributed by atoms with van der Waals surface area (Å²) in [5, 5.41) is 26.0. The highest BCUT2D eigenvalue weighted by Gasteiger charge is 2.19. The van der Waals surface area contributed by atoms with Crippen molar-refractivity contribution in [2.24, 2.45) is 0 Å². The highest BCUT2D eigenvalue weighted by Crippen LogP contribution is 2.28. The number of hydrogen-bond donors (Lipinski definition) is 2. The summed E-state index contributed by atoms with van der Waals surface area (Å²) in [6.07, 6.45) is 0. The van der Waals surface area contributed by atoms with Crippen LogP contribution in [-0.4, -0.2) is 32.9 Å². The van der Waals surface area contributed by atoms with E-state index in [1.54, 1.807) is 0 Å². The molecule has 0 unspecified atom stereocenters. The van der Waals surface area contributed by atoms with Crippen LogP contribution in [-0.2, 0) is 9.63 Å². The van der Waals surface area contributed by atoms with Gasteiger partial charge in [0.1, 0.15) is 0 Å². The van der Waals surface area contributed by atoms with Crippen molar-refractivity contribution < 1.29 is 24.3 Å². The van der Waals surface area contributed by atoms with Crippen LogP contribution in [0.3, 0.4) is 0 Å². The van der Waals surface area contributed by atoms with Gasteiger partial charge in [0.15, 0.2) is 12.1 Å². The summed E-state index contributed by atoms with van der Waals surface area (Å²) in [6, 6.07) is 2.49. The third-order valence-electron chi connectivity index (χ3n) is 1.97. The van der Waals surface area contributed by atoms with E-state index >= 15 is 0 Å². The molecule has 0 aliphatic carbocycles. The number of rotatable bonds is 5. The van der Waals surface area contributed by atoms with Gasteiger partial charge in [-0.2, -0.15) is 0 Å². The second kappa shape index (κ2) is 4.63. The van der Waals surface area contributed by atoms with Gasteiger partial charge >= 0.3 is 11.7 Å². The zero-order valence-corrected chi connectivity index (χ0v) is 8.69. The molecule has 2 rings (SSSR count). The van der Waals surface area contributed by atoms with Gasteiger partial charge in [0, 0.05) is 6.07 Å². The summed E-state index contributed by atoms with van der Waals surface area (Å²) in [7, 11) is 0. The molecule has 1 aromatic carbocycles. The number of nitrogens with one attached hydrogen (secondary N) is 1. The number of nitrogens with zero attached hydrogens (tertiary/aromatic N) is 3. The number of carboxylic acid groups (broad SMARTS) is 1. The molecular weight excluding hydrogens is 248 g/mol. The minimum atomic E-state index is -1.17. The maximum absolute atomic E-state index is 10.7. The van der Waals surface area contributed by atoms with Crippen molar-refractivity contribution in [3.8, 4) is 0 Å². The summed E-state index contributed by atoms with van der Waals surface area (Å²) in [5.74, 6) is -1.17. The lowest BCUT2D eigenvalue weighted by molar-refractivity contribution is -0.383. The van der Waals surface area contributed by atoms with Gasteiger partial charge in [-0.25, -0.2) is 9.42 Å². The van der Waals surface area contributed by atoms with Crippen LogP contribution in [0.5, 0.6) is 0 Å². The van der Waals surface area contributed by atoms with Crippen molar-refractivity contribution in [3.05, 3.63) is 22.2 Å². The third-order valence-corrected chi connectivity index (χ3v) is 1.97. The summed E-state index contributed by atoms with van der Waals surface area (Å²) in [6.45, 7) is -0.580. The summed E-state index contributed by atoms with van der Waals surface area (Å²) < 4.78 is 4.41. The number of nitro groups is 1. The van der Waals surface area contributed by atoms with Crippen molar-refractivity contribution in [2.75, 3.05) is 12.1 Å². The first-order valence-corrected chi connectivity index (χ1v) is 4.59. The van der Waals surface area contributed by atoms with E-state index in [1.807, 2.05) is 0 Å². The van der Waals surface area contributed by atoms with E-state index in [1.165, 1.54) is 12.1 Å². The lowest BCUT2D eigenvalue weighted by Gasteiger charge is -2.04. The number of anilines is 1. The molecule has 0 amide bonds. The number of non-ortho nitro benzene ring substituents is 1. The van der Waals surface area contributed by atoms with Crippen molar-refractivity contribution in [1.29, 1.82) is 0 Å². The van der Waals surface area contributed by atoms with E-state index in [9.17, 15) is 14.9 Å². The molecule has 1 aromatic heterocycles. The number of hydrogen-bond acceptors (Lipinski definition) is 8. The second-order valence-corrected chi connectivity index (χ2v) is 3.14. The Morgan fingerprint density at radius 3 is 2.89 bits per heavy atom. The molecule has 0 fully saturated rings. The fourth-order valence-electron chi connectivity index (χ4n) is 1.26. The van der Waals surface area contributed by atoms with Gasteiger partial charge in [0.25, 0.3) is 0 Å². The molecule has 0 aliphatic heterocycles. The molecule has 10 heteroatoms. The Bertz CT molecular complexity index is 609. The standard InChI is InChI=1S/C8H6N4O6/c13-6(14)3-17-9-4-1-2-5(12(15)16)8-7(4)10-18-11-8/h1-2,9H,3H2,(H,13,14). The lowest BCUT2D eigenvalue weighted by atomic mass is 10.2. The van der Waals surface area contributed by atoms with Crippen LogP contribution in [0.4, 0.5) is 11.4 Å². The molecular formula is C8H6N4O6. The first-order chi connectivity index (χ1) is 8.59. The molecule has 0 bridgehead atoms. The van der Waals surface area contributed by atoms with Gasteiger partial charge in [0.2, 0.25) is 5.52 Å². The van der Waals surface area contributed by atoms with Gasteiger partial charge in [-0.05, 0) is 16.4 Å². The Labute approximate surface area is 98.2 Å². The minimum Gasteiger partial charge on any atom is -0.479 e. The molecule has 18 heavy (non-hydrogen) atoms. The molecule has 94 valence electrons. The molecule has 10 nitrogen and oxygen atoms in total. The summed E-state index contributed by atoms with van der Waals surface area (Å²) in [5.41, 5.74) is 2.28. The van der Waals surface area contributed by atoms with Gasteiger partial charge in [-0.1, -0.05) is 0 Å². The topological polar surface area (TPSA) is 141 Å². The van der Waals surface area contributed by atoms with Crippen LogP contribution in [0.1, 0.15) is 0 Å². The van der Waals surface area contributed by atoms with Crippen LogP contribution < -0.4 is 5.48 Å². The zero-order valence-electron chi connectivity index (χ0n) is 8.69. The van der Waals surface area contributed by atoms with Crippen LogP contribution >= 0.6 is 0 Å². The predicted molar refractivity (Wildman–Crippen MR) is 55.7 cm³/mol. The maximum Gasteiger partial charge on any atom is 0.332 e. The molecule has 0 saturated heterocycles. The average Bonchev–Trinajstić information content (AvgIpc) is 2.77. The highest BCUT2D eigenvalue weighted by atomic mass is 16.7. The Morgan fingerprint density at radius 1 is 1.50 bits per heavy atom. The largest absolute Gasteiger partial charge is 0.479 e. The van der Waals surface area contributed by atoms with Gasteiger partial charge < -0.3 is 5.11 Å². The molecule has 0 radical (unpaired) electrons. The number of aromatic nitrogens is 2. The molecule has 2 N–H and O–H groups in total. The predicted octanol–water partition coefficient (Wildman–Crippen LogP) is 0.559. The Hall–Kier alpha value is -2.75. The van der Waals surface area contributed by atoms with E-state index in [-0.39, 0.29) is 22.4 Å². The van der Waals surface area contributed by atoms with Crippen molar-refractivity contribution in [3.63, 3.8) is 0 Å². The number of nitro benzene ring substituents is 1. The fraction of sp³-hybridized carbons (Fsp3) is 0.125. The summed E-state index contributed by atoms with van der Waals surface area (Å²) >= 11 is 0. The monoisotopic (exact) mass is 254 g/mol. The number of aliphatic carboxylic acids is 1. The zero-order chi connectivity index (χ0) is 13.1. The Kier molecular flexibility index (Phi) is 3.02. The first-order valence-electron chi connectivity index (χ1n) is 4.59. The molecule has 0 atom stereocenters. The summed E-state index contributed by atoms with van der Waals surface area (Å²) in [4.78, 5) is 24.9. The molecule has 1 heterocycles. The van der Waals surface area contributed by atoms with Gasteiger partial charge in [-0.15, -0.1) is 0 Å². The first kappa shape index (κ1) is 11.7. The fourth-order valence-corrected chi connectivity index (χ4v) is 1.26. The van der Waals surface area contributed by atoms with Crippen LogP contribution in [0.25, 0.3) is 11.0 Å². The van der Waals surface area contributed by atoms with E-state index < -0.39 is 17.5 Å². The van der Waals surface area contributed by atoms with E-state index in [0.717, 1.165) is 0 Å². The van der Waals surface area contributed by atoms with Gasteiger partial charge in [-0.3, -0.25) is 20.4 Å². The highest BCUT2D eigenvalue weighted by molar-refractivity contribution is 5.93. The van der Waals surface area contributed by atoms with E-state index in [0.29, 0.717) is 0 Å². The number of carbonyl (C=O) groups is 1. The smallest absolute Gasteiger partial charge is 0.332 e. The van der Waals surface area contributed by atoms with Crippen molar-refractivity contribution in [2.45, 2.75) is 0 Å². The average molecular weight is 254 g/mol. The molecule has 0 spiro atoms. The normalized spacial score (nSPS) is 10.4. The van der Waals surface area contributed by atoms with E-state index in [2.05, 4.69) is 25.3 Å². The second-order valence-electron chi connectivity index (χ2n) is 3.14. The molecule has 0 saturated carbocycles. The van der Waals surface area contributed by atoms with E-state index in [4.69, 9.17) is 5.11 Å². The number of carboxylic acids is 1. The van der Waals surface area contributed by atoms with Gasteiger partial charge in [0.05, 0.1) is 10.6 Å². The Balaban J connectivity index is 2.30. The lowest BCUT2D eigenvalue weighted by Crippen LogP contribution is -2.11. The molecule has 0 aliphatic rings. The van der Waals surface area contributed by atoms with Crippen LogP contribution in [0, 0.1) is 10.1 Å². The maximum atomic E-state index is 10.7. The van der Waals surface area contributed by atoms with Crippen molar-refractivity contribution in [1.82, 2.24) is 10.3 Å². The number of fused-ring (bicyclic) bond motifs is 1. The number of benzene rings is 1. The molecule has 2 aromatic rings. The third kappa shape index (κ3) is 2.17. The Morgan fingerprint density at radius 2 is 2.22 bits per heavy atom.